The topological polar surface area (TPSA) is 38.9 Å². The molecule has 0 aliphatic heterocycles. The van der Waals surface area contributed by atoms with Crippen LogP contribution >= 0.6 is 0 Å². The van der Waals surface area contributed by atoms with Crippen molar-refractivity contribution in [2.75, 3.05) is 0 Å². The van der Waals surface area contributed by atoms with E-state index >= 15 is 0 Å². The number of furan rings is 1. The molecule has 0 saturated heterocycles. The molecule has 5 rings (SSSR count). The normalized spacial score (nSPS) is 15.6. The number of nitrogens with zero attached hydrogens (tertiary/aromatic N) is 2. The molecule has 0 aliphatic carbocycles. The Morgan fingerprint density at radius 1 is 0.875 bits per heavy atom. The molecule has 0 spiro atoms. The standard InChI is InChI=1S/C26H19F3N2O/c1-14-11-17(26(27,28)29)8-10-18(14)22-12-23(30-13-15(22)2)21-6-4-5-19-20-9-7-16(3)31-25(20)32-24(19)21/h4-13H,1-3H3/i1D3,2D3. The molecule has 0 unspecified atom stereocenters. The molecule has 6 heteroatoms. The molecule has 2 aromatic carbocycles. The number of hydrogen-bond donors (Lipinski definition) is 0. The molecule has 5 aromatic rings. The lowest BCUT2D eigenvalue weighted by atomic mass is 9.94. The molecular formula is C26H19F3N2O. The molecule has 0 saturated carbocycles. The van der Waals surface area contributed by atoms with Gasteiger partial charge in [-0.1, -0.05) is 18.2 Å². The van der Waals surface area contributed by atoms with Crippen molar-refractivity contribution >= 4 is 22.1 Å². The first-order valence-electron chi connectivity index (χ1n) is 12.7. The zero-order chi connectivity index (χ0) is 27.6. The van der Waals surface area contributed by atoms with Crippen LogP contribution in [0.2, 0.25) is 0 Å². The van der Waals surface area contributed by atoms with Crippen LogP contribution in [0, 0.1) is 20.6 Å². The molecule has 0 aliphatic rings. The van der Waals surface area contributed by atoms with Gasteiger partial charge in [0, 0.05) is 36.5 Å². The van der Waals surface area contributed by atoms with E-state index in [1.54, 1.807) is 12.1 Å². The van der Waals surface area contributed by atoms with Gasteiger partial charge in [0.25, 0.3) is 0 Å². The van der Waals surface area contributed by atoms with Crippen molar-refractivity contribution in [1.82, 2.24) is 9.97 Å². The summed E-state index contributed by atoms with van der Waals surface area (Å²) in [6.07, 6.45) is -3.68. The molecule has 0 amide bonds. The highest BCUT2D eigenvalue weighted by Gasteiger charge is 2.30. The van der Waals surface area contributed by atoms with Crippen LogP contribution in [0.3, 0.4) is 0 Å². The Labute approximate surface area is 191 Å². The lowest BCUT2D eigenvalue weighted by Crippen LogP contribution is -2.05. The minimum Gasteiger partial charge on any atom is -0.437 e. The molecule has 0 bridgehead atoms. The summed E-state index contributed by atoms with van der Waals surface area (Å²) >= 11 is 0. The Balaban J connectivity index is 1.80. The maximum absolute atomic E-state index is 13.4. The van der Waals surface area contributed by atoms with Gasteiger partial charge in [-0.25, -0.2) is 4.98 Å². The first kappa shape index (κ1) is 14.4. The van der Waals surface area contributed by atoms with E-state index in [2.05, 4.69) is 9.97 Å². The smallest absolute Gasteiger partial charge is 0.416 e. The third kappa shape index (κ3) is 3.32. The molecule has 3 nitrogen and oxygen atoms in total. The second kappa shape index (κ2) is 7.19. The fourth-order valence-electron chi connectivity index (χ4n) is 3.75. The fraction of sp³-hybridized carbons (Fsp3) is 0.154. The Hall–Kier alpha value is -3.67. The number of rotatable bonds is 2. The van der Waals surface area contributed by atoms with Crippen molar-refractivity contribution in [3.8, 4) is 22.4 Å². The van der Waals surface area contributed by atoms with Crippen molar-refractivity contribution in [2.24, 2.45) is 0 Å². The highest BCUT2D eigenvalue weighted by atomic mass is 19.4. The van der Waals surface area contributed by atoms with Gasteiger partial charge >= 0.3 is 6.18 Å². The fourth-order valence-corrected chi connectivity index (χ4v) is 3.75. The highest BCUT2D eigenvalue weighted by molar-refractivity contribution is 6.08. The van der Waals surface area contributed by atoms with E-state index in [0.29, 0.717) is 22.9 Å². The van der Waals surface area contributed by atoms with E-state index < -0.39 is 31.0 Å². The van der Waals surface area contributed by atoms with Gasteiger partial charge in [0.15, 0.2) is 0 Å². The van der Waals surface area contributed by atoms with Crippen molar-refractivity contribution in [2.45, 2.75) is 26.8 Å². The molecule has 0 radical (unpaired) electrons. The second-order valence-corrected chi connectivity index (χ2v) is 7.46. The summed E-state index contributed by atoms with van der Waals surface area (Å²) < 4.78 is 93.8. The summed E-state index contributed by atoms with van der Waals surface area (Å²) in [6.45, 7) is -3.85. The van der Waals surface area contributed by atoms with Crippen molar-refractivity contribution < 1.29 is 25.8 Å². The van der Waals surface area contributed by atoms with Crippen LogP contribution in [0.25, 0.3) is 44.5 Å². The van der Waals surface area contributed by atoms with E-state index in [-0.39, 0.29) is 22.4 Å². The summed E-state index contributed by atoms with van der Waals surface area (Å²) in [5.41, 5.74) is 0.0656. The quantitative estimate of drug-likeness (QED) is 0.284. The lowest BCUT2D eigenvalue weighted by molar-refractivity contribution is -0.137. The minimum atomic E-state index is -4.78. The molecule has 3 aromatic heterocycles. The number of pyridine rings is 2. The number of fused-ring (bicyclic) bond motifs is 3. The summed E-state index contributed by atoms with van der Waals surface area (Å²) in [6, 6.07) is 12.7. The van der Waals surface area contributed by atoms with Gasteiger partial charge in [0.2, 0.25) is 5.71 Å². The lowest BCUT2D eigenvalue weighted by Gasteiger charge is -2.14. The SMILES string of the molecule is [2H]C([2H])([2H])c1cnc(-c2cccc3c2oc2nc(C)ccc23)cc1-c1ccc(C(F)(F)F)cc1C([2H])([2H])[2H]. The largest absolute Gasteiger partial charge is 0.437 e. The number of halogens is 3. The van der Waals surface area contributed by atoms with Crippen molar-refractivity contribution in [1.29, 1.82) is 0 Å². The van der Waals surface area contributed by atoms with Crippen LogP contribution in [0.15, 0.2) is 65.2 Å². The Bertz CT molecular complexity index is 1700. The summed E-state index contributed by atoms with van der Waals surface area (Å²) in [7, 11) is 0. The number of aromatic nitrogens is 2. The number of aryl methyl sites for hydroxylation is 3. The van der Waals surface area contributed by atoms with Crippen LogP contribution in [-0.4, -0.2) is 9.97 Å². The maximum atomic E-state index is 13.4. The average Bonchev–Trinajstić information content (AvgIpc) is 3.19. The van der Waals surface area contributed by atoms with Gasteiger partial charge < -0.3 is 4.42 Å². The van der Waals surface area contributed by atoms with E-state index in [1.807, 2.05) is 25.1 Å². The van der Waals surface area contributed by atoms with Crippen LogP contribution in [0.1, 0.15) is 30.6 Å². The second-order valence-electron chi connectivity index (χ2n) is 7.46. The molecule has 160 valence electrons. The van der Waals surface area contributed by atoms with Crippen LogP contribution in [0.4, 0.5) is 13.2 Å². The third-order valence-corrected chi connectivity index (χ3v) is 5.32. The predicted molar refractivity (Wildman–Crippen MR) is 119 cm³/mol. The number of alkyl halides is 3. The van der Waals surface area contributed by atoms with Gasteiger partial charge in [-0.15, -0.1) is 0 Å². The van der Waals surface area contributed by atoms with Crippen LogP contribution < -0.4 is 0 Å². The predicted octanol–water partition coefficient (Wildman–Crippen LogP) is 7.65. The first-order chi connectivity index (χ1) is 17.6. The summed E-state index contributed by atoms with van der Waals surface area (Å²) in [5.74, 6) is 0. The molecule has 0 atom stereocenters. The van der Waals surface area contributed by atoms with E-state index in [4.69, 9.17) is 12.6 Å². The number of benzene rings is 2. The van der Waals surface area contributed by atoms with Gasteiger partial charge in [-0.05, 0) is 79.3 Å². The highest BCUT2D eigenvalue weighted by Crippen LogP contribution is 2.38. The van der Waals surface area contributed by atoms with Gasteiger partial charge in [0.05, 0.1) is 11.3 Å². The number of hydrogen-bond acceptors (Lipinski definition) is 3. The van der Waals surface area contributed by atoms with Crippen molar-refractivity contribution in [3.05, 3.63) is 83.2 Å². The number of para-hydroxylation sites is 1. The zero-order valence-electron chi connectivity index (χ0n) is 22.7. The minimum absolute atomic E-state index is 0.0584. The van der Waals surface area contributed by atoms with Gasteiger partial charge in [0.1, 0.15) is 5.58 Å². The Morgan fingerprint density at radius 3 is 2.50 bits per heavy atom. The molecule has 0 fully saturated rings. The molecule has 3 heterocycles. The zero-order valence-corrected chi connectivity index (χ0v) is 16.7. The van der Waals surface area contributed by atoms with E-state index in [0.717, 1.165) is 34.8 Å². The molecule has 32 heavy (non-hydrogen) atoms. The third-order valence-electron chi connectivity index (χ3n) is 5.32. The van der Waals surface area contributed by atoms with E-state index in [1.165, 1.54) is 6.07 Å². The van der Waals surface area contributed by atoms with E-state index in [9.17, 15) is 13.2 Å². The monoisotopic (exact) mass is 438 g/mol. The van der Waals surface area contributed by atoms with Crippen LogP contribution in [-0.2, 0) is 6.18 Å². The molecular weight excluding hydrogens is 413 g/mol. The Kier molecular flexibility index (Phi) is 3.24. The van der Waals surface area contributed by atoms with Gasteiger partial charge in [-0.3, -0.25) is 4.98 Å². The van der Waals surface area contributed by atoms with Crippen LogP contribution in [0.5, 0.6) is 0 Å². The Morgan fingerprint density at radius 2 is 1.72 bits per heavy atom. The summed E-state index contributed by atoms with van der Waals surface area (Å²) in [5, 5.41) is 1.50. The first-order valence-corrected chi connectivity index (χ1v) is 9.66. The van der Waals surface area contributed by atoms with Gasteiger partial charge in [-0.2, -0.15) is 13.2 Å². The summed E-state index contributed by atoms with van der Waals surface area (Å²) in [4.78, 5) is 8.74. The average molecular weight is 438 g/mol. The molecule has 0 N–H and O–H groups in total. The van der Waals surface area contributed by atoms with Crippen molar-refractivity contribution in [3.63, 3.8) is 0 Å². The maximum Gasteiger partial charge on any atom is 0.416 e.